The third-order valence-electron chi connectivity index (χ3n) is 0.588. The minimum atomic E-state index is 0.825. The average Bonchev–Trinajstić information content (AvgIpc) is 1.61. The van der Waals surface area contributed by atoms with Gasteiger partial charge in [0.2, 0.25) is 0 Å². The summed E-state index contributed by atoms with van der Waals surface area (Å²) in [7, 11) is 0. The van der Waals surface area contributed by atoms with E-state index in [1.54, 1.807) is 0 Å². The Kier molecular flexibility index (Phi) is 5.92. The van der Waals surface area contributed by atoms with E-state index in [-0.39, 0.29) is 0 Å². The lowest BCUT2D eigenvalue weighted by Gasteiger charge is -1.84. The second kappa shape index (κ2) is 5.48. The molecule has 0 N–H and O–H groups in total. The molecule has 0 aromatic heterocycles. The molecule has 0 aliphatic heterocycles. The van der Waals surface area contributed by atoms with Crippen molar-refractivity contribution in [2.75, 3.05) is 5.33 Å². The van der Waals surface area contributed by atoms with Crippen molar-refractivity contribution >= 4 is 15.9 Å². The van der Waals surface area contributed by atoms with Crippen LogP contribution in [0.5, 0.6) is 0 Å². The molecule has 0 aromatic rings. The number of halogens is 1. The summed E-state index contributed by atoms with van der Waals surface area (Å²) < 4.78 is 0. The first-order valence-electron chi connectivity index (χ1n) is 2.18. The molecule has 0 fully saturated rings. The van der Waals surface area contributed by atoms with Crippen molar-refractivity contribution in [3.05, 3.63) is 6.92 Å². The summed E-state index contributed by atoms with van der Waals surface area (Å²) in [6.45, 7) is 5.19. The highest BCUT2D eigenvalue weighted by Gasteiger charge is 1.76. The lowest BCUT2D eigenvalue weighted by Crippen LogP contribution is -1.70. The van der Waals surface area contributed by atoms with Gasteiger partial charge in [-0.15, -0.1) is 0 Å². The van der Waals surface area contributed by atoms with Crippen molar-refractivity contribution in [2.24, 2.45) is 0 Å². The van der Waals surface area contributed by atoms with Crippen LogP contribution in [0.4, 0.5) is 0 Å². The monoisotopic (exact) mass is 148 g/mol. The highest BCUT2D eigenvalue weighted by Crippen LogP contribution is 1.95. The summed E-state index contributed by atoms with van der Waals surface area (Å²) in [6.07, 6.45) is 3.17. The van der Waals surface area contributed by atoms with Crippen LogP contribution in [0, 0.1) is 6.92 Å². The Hall–Kier alpha value is 0.480. The highest BCUT2D eigenvalue weighted by atomic mass is 79.9. The molecule has 2 radical (unpaired) electrons. The van der Waals surface area contributed by atoms with E-state index >= 15 is 0 Å². The van der Waals surface area contributed by atoms with E-state index < -0.39 is 0 Å². The lowest BCUT2D eigenvalue weighted by molar-refractivity contribution is 0.825. The van der Waals surface area contributed by atoms with Gasteiger partial charge in [-0.05, 0) is 19.8 Å². The molecular formula is C5H9Br. The topological polar surface area (TPSA) is 0 Å². The Morgan fingerprint density at radius 2 is 2.00 bits per heavy atom. The standard InChI is InChI=1S/C5H9Br/c1-2-3-4-5-6/h1H,2-5H2. The number of alkyl halides is 1. The van der Waals surface area contributed by atoms with Crippen molar-refractivity contribution in [3.8, 4) is 0 Å². The summed E-state index contributed by atoms with van der Waals surface area (Å²) in [6, 6.07) is 0. The molecule has 0 aliphatic rings. The third-order valence-corrected chi connectivity index (χ3v) is 1.15. The Balaban J connectivity index is 2.34. The molecule has 0 nitrogen and oxygen atoms in total. The van der Waals surface area contributed by atoms with Crippen molar-refractivity contribution in [3.63, 3.8) is 0 Å². The van der Waals surface area contributed by atoms with Crippen LogP contribution >= 0.6 is 15.9 Å². The summed E-state index contributed by atoms with van der Waals surface area (Å²) in [5.41, 5.74) is 0. The van der Waals surface area contributed by atoms with Gasteiger partial charge in [-0.2, -0.15) is 0 Å². The van der Waals surface area contributed by atoms with Crippen LogP contribution in [-0.2, 0) is 0 Å². The van der Waals surface area contributed by atoms with Crippen molar-refractivity contribution < 1.29 is 0 Å². The maximum absolute atomic E-state index is 5.19. The molecule has 0 rings (SSSR count). The molecule has 0 aliphatic carbocycles. The van der Waals surface area contributed by atoms with Crippen molar-refractivity contribution in [2.45, 2.75) is 19.3 Å². The molecule has 0 saturated carbocycles. The van der Waals surface area contributed by atoms with Crippen molar-refractivity contribution in [1.82, 2.24) is 0 Å². The van der Waals surface area contributed by atoms with Gasteiger partial charge in [0.05, 0.1) is 0 Å². The molecule has 0 saturated heterocycles. The molecule has 0 heterocycles. The fourth-order valence-corrected chi connectivity index (χ4v) is 0.635. The predicted octanol–water partition coefficient (Wildman–Crippen LogP) is 2.26. The minimum absolute atomic E-state index is 0.825. The van der Waals surface area contributed by atoms with Gasteiger partial charge in [0, 0.05) is 5.33 Å². The largest absolute Gasteiger partial charge is 0.0928 e. The molecular weight excluding hydrogens is 140 g/mol. The van der Waals surface area contributed by atoms with Gasteiger partial charge >= 0.3 is 0 Å². The zero-order valence-corrected chi connectivity index (χ0v) is 5.37. The zero-order valence-electron chi connectivity index (χ0n) is 3.78. The maximum atomic E-state index is 5.19. The van der Waals surface area contributed by atoms with Crippen LogP contribution < -0.4 is 0 Å². The first-order valence-corrected chi connectivity index (χ1v) is 3.30. The van der Waals surface area contributed by atoms with E-state index in [1.807, 2.05) is 0 Å². The minimum Gasteiger partial charge on any atom is -0.0928 e. The zero-order chi connectivity index (χ0) is 4.83. The molecule has 0 aromatic carbocycles. The molecule has 0 bridgehead atoms. The molecule has 0 amide bonds. The number of rotatable bonds is 3. The summed E-state index contributed by atoms with van der Waals surface area (Å²) in [4.78, 5) is 0. The summed E-state index contributed by atoms with van der Waals surface area (Å²) >= 11 is 3.29. The summed E-state index contributed by atoms with van der Waals surface area (Å²) in [5.74, 6) is 0. The highest BCUT2D eigenvalue weighted by molar-refractivity contribution is 9.09. The number of unbranched alkanes of at least 4 members (excludes halogenated alkanes) is 2. The van der Waals surface area contributed by atoms with E-state index in [1.165, 1.54) is 6.42 Å². The average molecular weight is 149 g/mol. The van der Waals surface area contributed by atoms with Crippen LogP contribution in [-0.4, -0.2) is 5.33 Å². The second-order valence-corrected chi connectivity index (χ2v) is 1.98. The first kappa shape index (κ1) is 6.48. The van der Waals surface area contributed by atoms with E-state index in [4.69, 9.17) is 6.92 Å². The maximum Gasteiger partial charge on any atom is 0.00313 e. The van der Waals surface area contributed by atoms with E-state index in [9.17, 15) is 0 Å². The third kappa shape index (κ3) is 4.48. The van der Waals surface area contributed by atoms with E-state index in [2.05, 4.69) is 15.9 Å². The van der Waals surface area contributed by atoms with Crippen LogP contribution in [0.25, 0.3) is 0 Å². The van der Waals surface area contributed by atoms with Crippen LogP contribution in [0.2, 0.25) is 0 Å². The molecule has 36 valence electrons. The Morgan fingerprint density at radius 3 is 2.17 bits per heavy atom. The van der Waals surface area contributed by atoms with Gasteiger partial charge in [0.15, 0.2) is 0 Å². The van der Waals surface area contributed by atoms with Crippen LogP contribution in [0.1, 0.15) is 19.3 Å². The van der Waals surface area contributed by atoms with Gasteiger partial charge in [0.25, 0.3) is 0 Å². The summed E-state index contributed by atoms with van der Waals surface area (Å²) in [5, 5.41) is 1.09. The lowest BCUT2D eigenvalue weighted by atomic mass is 10.3. The van der Waals surface area contributed by atoms with Gasteiger partial charge in [-0.3, -0.25) is 0 Å². The second-order valence-electron chi connectivity index (χ2n) is 1.18. The van der Waals surface area contributed by atoms with Crippen LogP contribution in [0.3, 0.4) is 0 Å². The van der Waals surface area contributed by atoms with E-state index in [0.29, 0.717) is 0 Å². The number of hydrogen-bond donors (Lipinski definition) is 0. The van der Waals surface area contributed by atoms with Gasteiger partial charge < -0.3 is 0 Å². The molecule has 1 heteroatoms. The SMILES string of the molecule is [CH]CCCCBr. The van der Waals surface area contributed by atoms with Crippen molar-refractivity contribution in [1.29, 1.82) is 0 Å². The quantitative estimate of drug-likeness (QED) is 0.426. The van der Waals surface area contributed by atoms with Gasteiger partial charge in [0.1, 0.15) is 0 Å². The van der Waals surface area contributed by atoms with Gasteiger partial charge in [-0.25, -0.2) is 0 Å². The number of hydrogen-bond acceptors (Lipinski definition) is 0. The fraction of sp³-hybridized carbons (Fsp3) is 0.800. The Bertz CT molecular complexity index is 15.9. The predicted molar refractivity (Wildman–Crippen MR) is 31.9 cm³/mol. The van der Waals surface area contributed by atoms with E-state index in [0.717, 1.165) is 18.2 Å². The fourth-order valence-electron chi connectivity index (χ4n) is 0.239. The molecule has 0 unspecified atom stereocenters. The smallest absolute Gasteiger partial charge is 0.00313 e. The Labute approximate surface area is 48.1 Å². The Morgan fingerprint density at radius 1 is 1.33 bits per heavy atom. The normalized spacial score (nSPS) is 9.00. The van der Waals surface area contributed by atoms with Crippen LogP contribution in [0.15, 0.2) is 0 Å². The molecule has 0 atom stereocenters. The molecule has 6 heavy (non-hydrogen) atoms. The first-order chi connectivity index (χ1) is 2.91. The molecule has 0 spiro atoms. The van der Waals surface area contributed by atoms with Gasteiger partial charge in [-0.1, -0.05) is 22.4 Å².